The molecular weight excluding hydrogens is 262 g/mol. The Morgan fingerprint density at radius 1 is 1.30 bits per heavy atom. The van der Waals surface area contributed by atoms with Gasteiger partial charge in [-0.1, -0.05) is 13.8 Å². The van der Waals surface area contributed by atoms with Crippen molar-refractivity contribution in [3.8, 4) is 0 Å². The molecular formula is C13H21N3O4. The van der Waals surface area contributed by atoms with Gasteiger partial charge in [0, 0.05) is 23.7 Å². The standard InChI is InChI=1S/C13H21N3O4/c1-3-13(4-2,8-17)7-14-10(18)5-9-6-11(19)16-12(20)15-9/h6,17H,3-5,7-8H2,1-2H3,(H,14,18)(H2,15,16,19,20). The van der Waals surface area contributed by atoms with Crippen molar-refractivity contribution in [2.45, 2.75) is 33.1 Å². The maximum absolute atomic E-state index is 11.8. The van der Waals surface area contributed by atoms with Crippen LogP contribution in [0.15, 0.2) is 15.7 Å². The zero-order valence-corrected chi connectivity index (χ0v) is 11.8. The van der Waals surface area contributed by atoms with Crippen molar-refractivity contribution in [2.24, 2.45) is 5.41 Å². The maximum Gasteiger partial charge on any atom is 0.325 e. The third-order valence-electron chi connectivity index (χ3n) is 3.66. The van der Waals surface area contributed by atoms with Gasteiger partial charge in [-0.2, -0.15) is 0 Å². The van der Waals surface area contributed by atoms with E-state index in [9.17, 15) is 19.5 Å². The van der Waals surface area contributed by atoms with Gasteiger partial charge in [-0.3, -0.25) is 14.6 Å². The zero-order chi connectivity index (χ0) is 15.2. The normalized spacial score (nSPS) is 11.3. The number of nitrogens with one attached hydrogen (secondary N) is 3. The molecule has 0 fully saturated rings. The fraction of sp³-hybridized carbons (Fsp3) is 0.615. The highest BCUT2D eigenvalue weighted by atomic mass is 16.3. The Morgan fingerprint density at radius 3 is 2.45 bits per heavy atom. The Hall–Kier alpha value is -1.89. The third-order valence-corrected chi connectivity index (χ3v) is 3.66. The average Bonchev–Trinajstić information content (AvgIpc) is 2.40. The Balaban J connectivity index is 2.64. The Kier molecular flexibility index (Phi) is 5.69. The van der Waals surface area contributed by atoms with E-state index >= 15 is 0 Å². The summed E-state index contributed by atoms with van der Waals surface area (Å²) in [6, 6.07) is 1.18. The van der Waals surface area contributed by atoms with Crippen LogP contribution in [-0.2, 0) is 11.2 Å². The maximum atomic E-state index is 11.8. The first kappa shape index (κ1) is 16.2. The van der Waals surface area contributed by atoms with Crippen LogP contribution in [0.2, 0.25) is 0 Å². The third kappa shape index (κ3) is 4.34. The van der Waals surface area contributed by atoms with Gasteiger partial charge in [0.25, 0.3) is 5.56 Å². The lowest BCUT2D eigenvalue weighted by Gasteiger charge is -2.29. The minimum absolute atomic E-state index is 0.00210. The smallest absolute Gasteiger partial charge is 0.325 e. The molecule has 0 aliphatic rings. The van der Waals surface area contributed by atoms with Crippen LogP contribution in [0.25, 0.3) is 0 Å². The lowest BCUT2D eigenvalue weighted by Crippen LogP contribution is -2.40. The van der Waals surface area contributed by atoms with Crippen molar-refractivity contribution in [1.29, 1.82) is 0 Å². The highest BCUT2D eigenvalue weighted by molar-refractivity contribution is 5.78. The topological polar surface area (TPSA) is 115 Å². The number of H-pyrrole nitrogens is 2. The predicted octanol–water partition coefficient (Wildman–Crippen LogP) is -0.479. The summed E-state index contributed by atoms with van der Waals surface area (Å²) in [4.78, 5) is 38.4. The van der Waals surface area contributed by atoms with Crippen LogP contribution in [0, 0.1) is 5.41 Å². The quantitative estimate of drug-likeness (QED) is 0.541. The zero-order valence-electron chi connectivity index (χ0n) is 11.8. The number of rotatable bonds is 7. The minimum Gasteiger partial charge on any atom is -0.396 e. The molecule has 0 aliphatic carbocycles. The monoisotopic (exact) mass is 283 g/mol. The Labute approximate surface area is 116 Å². The van der Waals surface area contributed by atoms with Crippen LogP contribution in [-0.4, -0.2) is 34.1 Å². The number of aliphatic hydroxyl groups is 1. The first-order chi connectivity index (χ1) is 9.44. The largest absolute Gasteiger partial charge is 0.396 e. The van der Waals surface area contributed by atoms with E-state index in [1.165, 1.54) is 6.07 Å². The average molecular weight is 283 g/mol. The molecule has 0 aliphatic heterocycles. The molecule has 1 aromatic rings. The van der Waals surface area contributed by atoms with E-state index in [0.29, 0.717) is 6.54 Å². The number of carbonyl (C=O) groups excluding carboxylic acids is 1. The second kappa shape index (κ2) is 7.04. The van der Waals surface area contributed by atoms with E-state index in [1.54, 1.807) is 0 Å². The second-order valence-corrected chi connectivity index (χ2v) is 4.93. The molecule has 1 rings (SSSR count). The van der Waals surface area contributed by atoms with E-state index < -0.39 is 11.2 Å². The van der Waals surface area contributed by atoms with Crippen LogP contribution in [0.1, 0.15) is 32.4 Å². The lowest BCUT2D eigenvalue weighted by molar-refractivity contribution is -0.121. The van der Waals surface area contributed by atoms with Gasteiger partial charge in [-0.25, -0.2) is 4.79 Å². The van der Waals surface area contributed by atoms with E-state index in [0.717, 1.165) is 12.8 Å². The summed E-state index contributed by atoms with van der Waals surface area (Å²) in [6.45, 7) is 4.28. The van der Waals surface area contributed by atoms with Crippen LogP contribution in [0.4, 0.5) is 0 Å². The summed E-state index contributed by atoms with van der Waals surface area (Å²) in [7, 11) is 0. The minimum atomic E-state index is -0.632. The van der Waals surface area contributed by atoms with Gasteiger partial charge >= 0.3 is 5.69 Å². The van der Waals surface area contributed by atoms with Crippen molar-refractivity contribution >= 4 is 5.91 Å². The highest BCUT2D eigenvalue weighted by Gasteiger charge is 2.25. The summed E-state index contributed by atoms with van der Waals surface area (Å²) in [5, 5.41) is 12.1. The molecule has 0 bridgehead atoms. The number of aromatic nitrogens is 2. The van der Waals surface area contributed by atoms with Gasteiger partial charge in [0.15, 0.2) is 0 Å². The van der Waals surface area contributed by atoms with Crippen molar-refractivity contribution < 1.29 is 9.90 Å². The number of carbonyl (C=O) groups is 1. The van der Waals surface area contributed by atoms with Gasteiger partial charge in [0.1, 0.15) is 0 Å². The van der Waals surface area contributed by atoms with Crippen LogP contribution < -0.4 is 16.6 Å². The van der Waals surface area contributed by atoms with E-state index in [4.69, 9.17) is 0 Å². The van der Waals surface area contributed by atoms with Crippen LogP contribution >= 0.6 is 0 Å². The highest BCUT2D eigenvalue weighted by Crippen LogP contribution is 2.24. The van der Waals surface area contributed by atoms with Gasteiger partial charge in [-0.05, 0) is 12.8 Å². The summed E-state index contributed by atoms with van der Waals surface area (Å²) in [6.07, 6.45) is 1.43. The van der Waals surface area contributed by atoms with E-state index in [1.807, 2.05) is 18.8 Å². The fourth-order valence-electron chi connectivity index (χ4n) is 1.92. The van der Waals surface area contributed by atoms with E-state index in [-0.39, 0.29) is 30.0 Å². The molecule has 7 nitrogen and oxygen atoms in total. The Morgan fingerprint density at radius 2 is 1.95 bits per heavy atom. The van der Waals surface area contributed by atoms with Crippen molar-refractivity contribution in [1.82, 2.24) is 15.3 Å². The molecule has 20 heavy (non-hydrogen) atoms. The molecule has 1 heterocycles. The number of hydrogen-bond donors (Lipinski definition) is 4. The van der Waals surface area contributed by atoms with Gasteiger partial charge < -0.3 is 15.4 Å². The van der Waals surface area contributed by atoms with Crippen molar-refractivity contribution in [3.63, 3.8) is 0 Å². The molecule has 112 valence electrons. The molecule has 7 heteroatoms. The van der Waals surface area contributed by atoms with Gasteiger partial charge in [0.05, 0.1) is 13.0 Å². The van der Waals surface area contributed by atoms with Gasteiger partial charge in [-0.15, -0.1) is 0 Å². The first-order valence-electron chi connectivity index (χ1n) is 6.65. The number of amides is 1. The van der Waals surface area contributed by atoms with Crippen molar-refractivity contribution in [3.05, 3.63) is 32.6 Å². The molecule has 0 saturated heterocycles. The van der Waals surface area contributed by atoms with Crippen LogP contribution in [0.5, 0.6) is 0 Å². The molecule has 0 aromatic carbocycles. The SMILES string of the molecule is CCC(CC)(CO)CNC(=O)Cc1cc(=O)[nH]c(=O)[nH]1. The lowest BCUT2D eigenvalue weighted by atomic mass is 9.83. The predicted molar refractivity (Wildman–Crippen MR) is 74.5 cm³/mol. The molecule has 0 unspecified atom stereocenters. The molecule has 0 radical (unpaired) electrons. The second-order valence-electron chi connectivity index (χ2n) is 4.93. The first-order valence-corrected chi connectivity index (χ1v) is 6.65. The van der Waals surface area contributed by atoms with Gasteiger partial charge in [0.2, 0.25) is 5.91 Å². The molecule has 1 aromatic heterocycles. The number of hydrogen-bond acceptors (Lipinski definition) is 4. The summed E-state index contributed by atoms with van der Waals surface area (Å²) in [5.41, 5.74) is -1.23. The molecule has 1 amide bonds. The Bertz CT molecular complexity index is 521. The summed E-state index contributed by atoms with van der Waals surface area (Å²) >= 11 is 0. The van der Waals surface area contributed by atoms with Crippen LogP contribution in [0.3, 0.4) is 0 Å². The molecule has 0 saturated carbocycles. The summed E-state index contributed by atoms with van der Waals surface area (Å²) < 4.78 is 0. The number of aliphatic hydroxyl groups excluding tert-OH is 1. The fourth-order valence-corrected chi connectivity index (χ4v) is 1.92. The van der Waals surface area contributed by atoms with Crippen molar-refractivity contribution in [2.75, 3.05) is 13.2 Å². The molecule has 4 N–H and O–H groups in total. The number of aromatic amines is 2. The van der Waals surface area contributed by atoms with E-state index in [2.05, 4.69) is 10.3 Å². The molecule has 0 spiro atoms. The summed E-state index contributed by atoms with van der Waals surface area (Å²) in [5.74, 6) is -0.300. The molecule has 0 atom stereocenters.